The lowest BCUT2D eigenvalue weighted by molar-refractivity contribution is 0.628. The highest BCUT2D eigenvalue weighted by Gasteiger charge is 2.14. The van der Waals surface area contributed by atoms with Gasteiger partial charge in [-0.3, -0.25) is 0 Å². The Labute approximate surface area is 112 Å². The van der Waals surface area contributed by atoms with Gasteiger partial charge in [0.05, 0.1) is 0 Å². The molecule has 0 radical (unpaired) electrons. The molecule has 0 fully saturated rings. The monoisotopic (exact) mass is 260 g/mol. The summed E-state index contributed by atoms with van der Waals surface area (Å²) in [4.78, 5) is 8.48. The van der Waals surface area contributed by atoms with E-state index in [0.717, 1.165) is 22.9 Å². The van der Waals surface area contributed by atoms with E-state index in [9.17, 15) is 4.39 Å². The molecule has 1 aromatic carbocycles. The van der Waals surface area contributed by atoms with E-state index >= 15 is 0 Å². The summed E-state index contributed by atoms with van der Waals surface area (Å²) >= 11 is 0. The van der Waals surface area contributed by atoms with E-state index in [2.05, 4.69) is 34.4 Å². The van der Waals surface area contributed by atoms with Gasteiger partial charge in [0.25, 0.3) is 0 Å². The van der Waals surface area contributed by atoms with E-state index in [4.69, 9.17) is 0 Å². The van der Waals surface area contributed by atoms with Gasteiger partial charge in [-0.05, 0) is 30.2 Å². The average molecular weight is 260 g/mol. The SMILES string of the molecule is CNc1ncnc(Nc2ccc(F)cc2)c1C(C)C. The predicted molar refractivity (Wildman–Crippen MR) is 75.4 cm³/mol. The molecule has 0 spiro atoms. The van der Waals surface area contributed by atoms with E-state index in [0.29, 0.717) is 0 Å². The number of halogens is 1. The van der Waals surface area contributed by atoms with Gasteiger partial charge >= 0.3 is 0 Å². The second-order valence-electron chi connectivity index (χ2n) is 4.52. The van der Waals surface area contributed by atoms with Crippen LogP contribution in [0, 0.1) is 5.82 Å². The first-order valence-corrected chi connectivity index (χ1v) is 6.17. The third kappa shape index (κ3) is 2.99. The average Bonchev–Trinajstić information content (AvgIpc) is 2.40. The summed E-state index contributed by atoms with van der Waals surface area (Å²) in [5.74, 6) is 1.55. The summed E-state index contributed by atoms with van der Waals surface area (Å²) in [6, 6.07) is 6.19. The molecule has 5 heteroatoms. The molecule has 1 heterocycles. The number of benzene rings is 1. The Morgan fingerprint density at radius 1 is 1.05 bits per heavy atom. The summed E-state index contributed by atoms with van der Waals surface area (Å²) in [7, 11) is 1.83. The van der Waals surface area contributed by atoms with Crippen LogP contribution in [0.1, 0.15) is 25.3 Å². The molecule has 0 unspecified atom stereocenters. The Bertz CT molecular complexity index is 552. The Kier molecular flexibility index (Phi) is 3.94. The first-order chi connectivity index (χ1) is 9.11. The Morgan fingerprint density at radius 3 is 2.26 bits per heavy atom. The Balaban J connectivity index is 2.36. The zero-order valence-corrected chi connectivity index (χ0v) is 11.2. The molecule has 0 saturated heterocycles. The van der Waals surface area contributed by atoms with Crippen molar-refractivity contribution in [3.05, 3.63) is 42.0 Å². The smallest absolute Gasteiger partial charge is 0.139 e. The summed E-state index contributed by atoms with van der Waals surface area (Å²) in [6.07, 6.45) is 1.50. The number of hydrogen-bond donors (Lipinski definition) is 2. The van der Waals surface area contributed by atoms with Crippen molar-refractivity contribution in [3.8, 4) is 0 Å². The van der Waals surface area contributed by atoms with Gasteiger partial charge in [-0.25, -0.2) is 14.4 Å². The maximum atomic E-state index is 12.9. The van der Waals surface area contributed by atoms with Crippen molar-refractivity contribution in [1.29, 1.82) is 0 Å². The molecular formula is C14H17FN4. The van der Waals surface area contributed by atoms with E-state index < -0.39 is 0 Å². The maximum absolute atomic E-state index is 12.9. The fraction of sp³-hybridized carbons (Fsp3) is 0.286. The number of hydrogen-bond acceptors (Lipinski definition) is 4. The van der Waals surface area contributed by atoms with Crippen LogP contribution in [0.4, 0.5) is 21.7 Å². The molecule has 0 aliphatic carbocycles. The molecule has 1 aromatic heterocycles. The molecular weight excluding hydrogens is 243 g/mol. The molecule has 0 aliphatic heterocycles. The standard InChI is InChI=1S/C14H17FN4/c1-9(2)12-13(16-3)17-8-18-14(12)19-11-6-4-10(15)5-7-11/h4-9H,1-3H3,(H2,16,17,18,19). The zero-order chi connectivity index (χ0) is 13.8. The van der Waals surface area contributed by atoms with Crippen LogP contribution in [-0.2, 0) is 0 Å². The van der Waals surface area contributed by atoms with Crippen molar-refractivity contribution in [1.82, 2.24) is 9.97 Å². The van der Waals surface area contributed by atoms with Gasteiger partial charge in [-0.15, -0.1) is 0 Å². The number of rotatable bonds is 4. The van der Waals surface area contributed by atoms with Crippen LogP contribution in [0.25, 0.3) is 0 Å². The van der Waals surface area contributed by atoms with Crippen LogP contribution < -0.4 is 10.6 Å². The van der Waals surface area contributed by atoms with Crippen LogP contribution >= 0.6 is 0 Å². The molecule has 4 nitrogen and oxygen atoms in total. The third-order valence-corrected chi connectivity index (χ3v) is 2.81. The molecule has 0 bridgehead atoms. The molecule has 19 heavy (non-hydrogen) atoms. The zero-order valence-electron chi connectivity index (χ0n) is 11.2. The van der Waals surface area contributed by atoms with Crippen molar-refractivity contribution in [2.24, 2.45) is 0 Å². The van der Waals surface area contributed by atoms with Crippen molar-refractivity contribution in [3.63, 3.8) is 0 Å². The number of aromatic nitrogens is 2. The highest BCUT2D eigenvalue weighted by molar-refractivity contribution is 5.65. The maximum Gasteiger partial charge on any atom is 0.139 e. The number of nitrogens with zero attached hydrogens (tertiary/aromatic N) is 2. The molecule has 0 atom stereocenters. The van der Waals surface area contributed by atoms with Crippen molar-refractivity contribution >= 4 is 17.3 Å². The van der Waals surface area contributed by atoms with Crippen molar-refractivity contribution in [2.75, 3.05) is 17.7 Å². The van der Waals surface area contributed by atoms with Crippen LogP contribution in [0.15, 0.2) is 30.6 Å². The topological polar surface area (TPSA) is 49.8 Å². The fourth-order valence-corrected chi connectivity index (χ4v) is 1.91. The second-order valence-corrected chi connectivity index (χ2v) is 4.52. The number of anilines is 3. The predicted octanol–water partition coefficient (Wildman–Crippen LogP) is 3.52. The number of nitrogens with one attached hydrogen (secondary N) is 2. The molecule has 2 N–H and O–H groups in total. The minimum absolute atomic E-state index is 0.256. The second kappa shape index (κ2) is 5.65. The minimum atomic E-state index is -0.256. The summed E-state index contributed by atoms with van der Waals surface area (Å²) in [5, 5.41) is 6.26. The van der Waals surface area contributed by atoms with Gasteiger partial charge in [0.15, 0.2) is 0 Å². The molecule has 2 rings (SSSR count). The van der Waals surface area contributed by atoms with E-state index in [1.165, 1.54) is 18.5 Å². The quantitative estimate of drug-likeness (QED) is 0.883. The van der Waals surface area contributed by atoms with Gasteiger partial charge in [-0.2, -0.15) is 0 Å². The van der Waals surface area contributed by atoms with E-state index in [1.807, 2.05) is 7.05 Å². The first-order valence-electron chi connectivity index (χ1n) is 6.17. The molecule has 2 aromatic rings. The Hall–Kier alpha value is -2.17. The fourth-order valence-electron chi connectivity index (χ4n) is 1.91. The van der Waals surface area contributed by atoms with Crippen LogP contribution in [-0.4, -0.2) is 17.0 Å². The molecule has 0 aliphatic rings. The van der Waals surface area contributed by atoms with Gasteiger partial charge in [0.1, 0.15) is 23.8 Å². The highest BCUT2D eigenvalue weighted by Crippen LogP contribution is 2.29. The van der Waals surface area contributed by atoms with Crippen LogP contribution in [0.2, 0.25) is 0 Å². The van der Waals surface area contributed by atoms with Gasteiger partial charge in [-0.1, -0.05) is 13.8 Å². The summed E-state index contributed by atoms with van der Waals surface area (Å²) < 4.78 is 12.9. The highest BCUT2D eigenvalue weighted by atomic mass is 19.1. The summed E-state index contributed by atoms with van der Waals surface area (Å²) in [6.45, 7) is 4.16. The normalized spacial score (nSPS) is 10.6. The molecule has 0 saturated carbocycles. The lowest BCUT2D eigenvalue weighted by atomic mass is 10.0. The van der Waals surface area contributed by atoms with Crippen molar-refractivity contribution < 1.29 is 4.39 Å². The third-order valence-electron chi connectivity index (χ3n) is 2.81. The van der Waals surface area contributed by atoms with Gasteiger partial charge < -0.3 is 10.6 Å². The van der Waals surface area contributed by atoms with E-state index in [-0.39, 0.29) is 11.7 Å². The van der Waals surface area contributed by atoms with E-state index in [1.54, 1.807) is 12.1 Å². The van der Waals surface area contributed by atoms with Crippen molar-refractivity contribution in [2.45, 2.75) is 19.8 Å². The van der Waals surface area contributed by atoms with Gasteiger partial charge in [0.2, 0.25) is 0 Å². The van der Waals surface area contributed by atoms with Crippen LogP contribution in [0.3, 0.4) is 0 Å². The lowest BCUT2D eigenvalue weighted by Gasteiger charge is -2.16. The lowest BCUT2D eigenvalue weighted by Crippen LogP contribution is -2.06. The Morgan fingerprint density at radius 2 is 1.68 bits per heavy atom. The first kappa shape index (κ1) is 13.3. The molecule has 0 amide bonds. The summed E-state index contributed by atoms with van der Waals surface area (Å²) in [5.41, 5.74) is 1.80. The largest absolute Gasteiger partial charge is 0.373 e. The minimum Gasteiger partial charge on any atom is -0.373 e. The molecule has 100 valence electrons. The van der Waals surface area contributed by atoms with Crippen LogP contribution in [0.5, 0.6) is 0 Å². The van der Waals surface area contributed by atoms with Gasteiger partial charge in [0, 0.05) is 18.3 Å².